The van der Waals surface area contributed by atoms with Crippen molar-refractivity contribution in [3.05, 3.63) is 78.4 Å². The summed E-state index contributed by atoms with van der Waals surface area (Å²) in [7, 11) is 0. The van der Waals surface area contributed by atoms with Gasteiger partial charge in [-0.2, -0.15) is 0 Å². The van der Waals surface area contributed by atoms with Crippen LogP contribution in [-0.2, 0) is 4.74 Å². The lowest BCUT2D eigenvalue weighted by molar-refractivity contribution is 0.0858. The second kappa shape index (κ2) is 9.06. The lowest BCUT2D eigenvalue weighted by Crippen LogP contribution is -2.35. The molecule has 32 heavy (non-hydrogen) atoms. The number of benzene rings is 3. The maximum Gasteiger partial charge on any atom is 0.331 e. The highest BCUT2D eigenvalue weighted by molar-refractivity contribution is 7.99. The van der Waals surface area contributed by atoms with E-state index in [0.717, 1.165) is 40.6 Å². The summed E-state index contributed by atoms with van der Waals surface area (Å²) in [5.41, 5.74) is 2.52. The highest BCUT2D eigenvalue weighted by atomic mass is 32.2. The van der Waals surface area contributed by atoms with Gasteiger partial charge in [0, 0.05) is 22.9 Å². The summed E-state index contributed by atoms with van der Waals surface area (Å²) in [5.74, 6) is -0.230. The van der Waals surface area contributed by atoms with E-state index in [1.165, 1.54) is 0 Å². The van der Waals surface area contributed by atoms with Crippen molar-refractivity contribution >= 4 is 40.8 Å². The number of anilines is 3. The van der Waals surface area contributed by atoms with Crippen molar-refractivity contribution in [1.29, 1.82) is 0 Å². The molecule has 0 radical (unpaired) electrons. The number of rotatable bonds is 4. The summed E-state index contributed by atoms with van der Waals surface area (Å²) >= 11 is 1.64. The van der Waals surface area contributed by atoms with Crippen LogP contribution in [0.2, 0.25) is 0 Å². The van der Waals surface area contributed by atoms with Gasteiger partial charge in [0.25, 0.3) is 5.91 Å². The summed E-state index contributed by atoms with van der Waals surface area (Å²) in [4.78, 5) is 30.0. The second-order valence-electron chi connectivity index (χ2n) is 7.69. The van der Waals surface area contributed by atoms with E-state index in [1.807, 2.05) is 48.5 Å². The van der Waals surface area contributed by atoms with E-state index in [4.69, 9.17) is 4.74 Å². The molecule has 162 valence electrons. The van der Waals surface area contributed by atoms with Crippen molar-refractivity contribution < 1.29 is 14.3 Å². The smallest absolute Gasteiger partial charge is 0.331 e. The number of ether oxygens (including phenoxy) is 1. The van der Waals surface area contributed by atoms with Crippen LogP contribution in [0.4, 0.5) is 21.9 Å². The second-order valence-corrected chi connectivity index (χ2v) is 8.78. The van der Waals surface area contributed by atoms with Crippen molar-refractivity contribution in [1.82, 2.24) is 5.32 Å². The van der Waals surface area contributed by atoms with E-state index >= 15 is 0 Å². The lowest BCUT2D eigenvalue weighted by Gasteiger charge is -2.31. The molecular formula is C25H23N3O3S. The first-order valence-corrected chi connectivity index (χ1v) is 11.5. The van der Waals surface area contributed by atoms with E-state index in [2.05, 4.69) is 10.6 Å². The Bertz CT molecular complexity index is 1110. The van der Waals surface area contributed by atoms with Crippen LogP contribution in [0.15, 0.2) is 82.6 Å². The first-order chi connectivity index (χ1) is 15.7. The van der Waals surface area contributed by atoms with E-state index < -0.39 is 0 Å². The topological polar surface area (TPSA) is 70.7 Å². The molecule has 3 amide bonds. The Morgan fingerprint density at radius 2 is 1.59 bits per heavy atom. The molecule has 0 unspecified atom stereocenters. The van der Waals surface area contributed by atoms with Crippen molar-refractivity contribution in [3.63, 3.8) is 0 Å². The summed E-state index contributed by atoms with van der Waals surface area (Å²) < 4.78 is 5.59. The highest BCUT2D eigenvalue weighted by Crippen LogP contribution is 2.48. The lowest BCUT2D eigenvalue weighted by atomic mass is 10.1. The molecule has 0 saturated carbocycles. The molecule has 3 aromatic carbocycles. The first-order valence-electron chi connectivity index (χ1n) is 10.7. The number of para-hydroxylation sites is 3. The monoisotopic (exact) mass is 445 g/mol. The predicted molar refractivity (Wildman–Crippen MR) is 126 cm³/mol. The molecule has 3 aromatic rings. The number of hydrogen-bond acceptors (Lipinski definition) is 4. The van der Waals surface area contributed by atoms with Gasteiger partial charge in [-0.05, 0) is 49.2 Å². The van der Waals surface area contributed by atoms with Crippen molar-refractivity contribution in [2.75, 3.05) is 23.4 Å². The van der Waals surface area contributed by atoms with E-state index in [1.54, 1.807) is 40.9 Å². The largest absolute Gasteiger partial charge is 0.376 e. The molecular weight excluding hydrogens is 422 g/mol. The van der Waals surface area contributed by atoms with Crippen LogP contribution in [0, 0.1) is 0 Å². The Hall–Kier alpha value is -3.29. The average Bonchev–Trinajstić information content (AvgIpc) is 3.35. The van der Waals surface area contributed by atoms with Gasteiger partial charge in [-0.25, -0.2) is 4.79 Å². The standard InChI is InChI=1S/C25H23N3O3S/c29-24(26-16-17-8-7-15-31-17)18-9-1-2-10-19(18)27-25(30)28-20-11-3-5-13-22(20)32-23-14-6-4-12-21(23)28/h1-6,9-14,17H,7-8,15-16H2,(H,26,29)(H,27,30)/t17-/m1/s1. The molecule has 1 atom stereocenters. The number of nitrogens with zero attached hydrogens (tertiary/aromatic N) is 1. The summed E-state index contributed by atoms with van der Waals surface area (Å²) in [6, 6.07) is 22.4. The maximum atomic E-state index is 13.5. The summed E-state index contributed by atoms with van der Waals surface area (Å²) in [5, 5.41) is 5.89. The number of amides is 3. The van der Waals surface area contributed by atoms with Crippen LogP contribution >= 0.6 is 11.8 Å². The zero-order chi connectivity index (χ0) is 21.9. The minimum Gasteiger partial charge on any atom is -0.376 e. The van der Waals surface area contributed by atoms with Crippen molar-refractivity contribution in [3.8, 4) is 0 Å². The Morgan fingerprint density at radius 3 is 2.28 bits per heavy atom. The number of nitrogens with one attached hydrogen (secondary N) is 2. The summed E-state index contributed by atoms with van der Waals surface area (Å²) in [6.45, 7) is 1.20. The molecule has 0 spiro atoms. The van der Waals surface area contributed by atoms with Crippen molar-refractivity contribution in [2.45, 2.75) is 28.7 Å². The van der Waals surface area contributed by atoms with Crippen LogP contribution in [-0.4, -0.2) is 31.2 Å². The van der Waals surface area contributed by atoms with Crippen LogP contribution < -0.4 is 15.5 Å². The fraction of sp³-hybridized carbons (Fsp3) is 0.200. The number of carbonyl (C=O) groups excluding carboxylic acids is 2. The maximum absolute atomic E-state index is 13.5. The van der Waals surface area contributed by atoms with Gasteiger partial charge in [0.2, 0.25) is 0 Å². The molecule has 2 N–H and O–H groups in total. The Kier molecular flexibility index (Phi) is 5.83. The number of hydrogen-bond donors (Lipinski definition) is 2. The zero-order valence-electron chi connectivity index (χ0n) is 17.4. The summed E-state index contributed by atoms with van der Waals surface area (Å²) in [6.07, 6.45) is 2.02. The molecule has 1 saturated heterocycles. The third kappa shape index (κ3) is 4.09. The SMILES string of the molecule is O=C(NC[C@H]1CCCO1)c1ccccc1NC(=O)N1c2ccccc2Sc2ccccc21. The molecule has 2 aliphatic rings. The van der Waals surface area contributed by atoms with Crippen LogP contribution in [0.5, 0.6) is 0 Å². The average molecular weight is 446 g/mol. The molecule has 2 aliphatic heterocycles. The molecule has 0 bridgehead atoms. The Morgan fingerprint density at radius 1 is 0.938 bits per heavy atom. The predicted octanol–water partition coefficient (Wildman–Crippen LogP) is 5.43. The molecule has 6 nitrogen and oxygen atoms in total. The first kappa shape index (κ1) is 20.6. The van der Waals surface area contributed by atoms with E-state index in [9.17, 15) is 9.59 Å². The number of carbonyl (C=O) groups is 2. The third-order valence-electron chi connectivity index (χ3n) is 5.56. The van der Waals surface area contributed by atoms with Gasteiger partial charge in [-0.15, -0.1) is 0 Å². The number of fused-ring (bicyclic) bond motifs is 2. The minimum absolute atomic E-state index is 0.0551. The third-order valence-corrected chi connectivity index (χ3v) is 6.69. The van der Waals surface area contributed by atoms with Gasteiger partial charge < -0.3 is 15.4 Å². The molecule has 7 heteroatoms. The molecule has 5 rings (SSSR count). The van der Waals surface area contributed by atoms with Gasteiger partial charge in [0.15, 0.2) is 0 Å². The molecule has 0 aromatic heterocycles. The van der Waals surface area contributed by atoms with E-state index in [0.29, 0.717) is 17.8 Å². The Labute approximate surface area is 191 Å². The van der Waals surface area contributed by atoms with Crippen LogP contribution in [0.25, 0.3) is 0 Å². The van der Waals surface area contributed by atoms with Gasteiger partial charge in [-0.3, -0.25) is 9.69 Å². The fourth-order valence-corrected chi connectivity index (χ4v) is 5.05. The van der Waals surface area contributed by atoms with Gasteiger partial charge in [0.1, 0.15) is 0 Å². The van der Waals surface area contributed by atoms with Crippen LogP contribution in [0.3, 0.4) is 0 Å². The minimum atomic E-state index is -0.315. The van der Waals surface area contributed by atoms with Crippen molar-refractivity contribution in [2.24, 2.45) is 0 Å². The van der Waals surface area contributed by atoms with Gasteiger partial charge in [-0.1, -0.05) is 48.2 Å². The quantitative estimate of drug-likeness (QED) is 0.562. The fourth-order valence-electron chi connectivity index (χ4n) is 3.99. The van der Waals surface area contributed by atoms with Gasteiger partial charge >= 0.3 is 6.03 Å². The normalized spacial score (nSPS) is 16.8. The molecule has 1 fully saturated rings. The Balaban J connectivity index is 1.40. The van der Waals surface area contributed by atoms with E-state index in [-0.39, 0.29) is 18.0 Å². The van der Waals surface area contributed by atoms with Gasteiger partial charge in [0.05, 0.1) is 28.7 Å². The zero-order valence-corrected chi connectivity index (χ0v) is 18.2. The molecule has 2 heterocycles. The molecule has 0 aliphatic carbocycles. The van der Waals surface area contributed by atoms with Crippen LogP contribution in [0.1, 0.15) is 23.2 Å². The number of urea groups is 1. The highest BCUT2D eigenvalue weighted by Gasteiger charge is 2.28.